The molecule has 1 heterocycles. The van der Waals surface area contributed by atoms with Gasteiger partial charge < -0.3 is 5.11 Å². The van der Waals surface area contributed by atoms with Crippen LogP contribution in [0.25, 0.3) is 17.1 Å². The molecule has 0 spiro atoms. The van der Waals surface area contributed by atoms with Crippen molar-refractivity contribution in [3.63, 3.8) is 0 Å². The van der Waals surface area contributed by atoms with E-state index in [2.05, 4.69) is 20.7 Å². The van der Waals surface area contributed by atoms with Gasteiger partial charge in [0.1, 0.15) is 5.75 Å². The van der Waals surface area contributed by atoms with Crippen LogP contribution in [0.1, 0.15) is 16.7 Å². The van der Waals surface area contributed by atoms with E-state index in [1.807, 2.05) is 66.9 Å². The number of nitrogens with one attached hydrogen (secondary N) is 1. The van der Waals surface area contributed by atoms with E-state index in [0.717, 1.165) is 22.4 Å². The Morgan fingerprint density at radius 3 is 2.27 bits per heavy atom. The number of hydrazone groups is 1. The quantitative estimate of drug-likeness (QED) is 0.242. The SMILES string of the molecule is Cc1ccc(-c2nnc(SCC(=O)N/N=C\c3ccc(O)cc3)n2-c2ccc(C)cc2)cc1. The fourth-order valence-electron chi connectivity index (χ4n) is 3.08. The number of benzene rings is 3. The van der Waals surface area contributed by atoms with Crippen molar-refractivity contribution in [2.45, 2.75) is 19.0 Å². The number of hydrogen-bond acceptors (Lipinski definition) is 6. The predicted octanol–water partition coefficient (Wildman–Crippen LogP) is 4.50. The molecule has 166 valence electrons. The number of carbonyl (C=O) groups excluding carboxylic acids is 1. The van der Waals surface area contributed by atoms with Crippen molar-refractivity contribution in [1.82, 2.24) is 20.2 Å². The number of thioether (sulfide) groups is 1. The predicted molar refractivity (Wildman–Crippen MR) is 131 cm³/mol. The molecule has 8 heteroatoms. The minimum Gasteiger partial charge on any atom is -0.508 e. The van der Waals surface area contributed by atoms with Gasteiger partial charge in [0.2, 0.25) is 0 Å². The van der Waals surface area contributed by atoms with Gasteiger partial charge in [-0.1, -0.05) is 59.3 Å². The molecule has 33 heavy (non-hydrogen) atoms. The van der Waals surface area contributed by atoms with Crippen molar-refractivity contribution >= 4 is 23.9 Å². The smallest absolute Gasteiger partial charge is 0.250 e. The van der Waals surface area contributed by atoms with Crippen molar-refractivity contribution in [3.05, 3.63) is 89.5 Å². The molecule has 0 atom stereocenters. The van der Waals surface area contributed by atoms with Gasteiger partial charge in [0.05, 0.1) is 12.0 Å². The third-order valence-electron chi connectivity index (χ3n) is 4.86. The molecular formula is C25H23N5O2S. The number of aryl methyl sites for hydroxylation is 2. The lowest BCUT2D eigenvalue weighted by Crippen LogP contribution is -2.20. The van der Waals surface area contributed by atoms with E-state index in [1.54, 1.807) is 24.3 Å². The second-order valence-electron chi connectivity index (χ2n) is 7.52. The number of carbonyl (C=O) groups is 1. The van der Waals surface area contributed by atoms with Crippen LogP contribution >= 0.6 is 11.8 Å². The number of phenolic OH excluding ortho intramolecular Hbond substituents is 1. The molecule has 4 rings (SSSR count). The molecule has 0 saturated carbocycles. The Morgan fingerprint density at radius 1 is 0.970 bits per heavy atom. The largest absolute Gasteiger partial charge is 0.508 e. The minimum absolute atomic E-state index is 0.130. The summed E-state index contributed by atoms with van der Waals surface area (Å²) >= 11 is 1.29. The maximum atomic E-state index is 12.3. The molecule has 1 amide bonds. The monoisotopic (exact) mass is 457 g/mol. The molecule has 0 unspecified atom stereocenters. The summed E-state index contributed by atoms with van der Waals surface area (Å²) in [5.41, 5.74) is 7.48. The van der Waals surface area contributed by atoms with Gasteiger partial charge in [-0.25, -0.2) is 5.43 Å². The Morgan fingerprint density at radius 2 is 1.61 bits per heavy atom. The number of amides is 1. The zero-order chi connectivity index (χ0) is 23.2. The van der Waals surface area contributed by atoms with Crippen LogP contribution in [0.2, 0.25) is 0 Å². The van der Waals surface area contributed by atoms with Crippen LogP contribution in [-0.2, 0) is 4.79 Å². The molecule has 0 radical (unpaired) electrons. The highest BCUT2D eigenvalue weighted by molar-refractivity contribution is 7.99. The van der Waals surface area contributed by atoms with Gasteiger partial charge in [-0.15, -0.1) is 10.2 Å². The van der Waals surface area contributed by atoms with Crippen molar-refractivity contribution in [2.75, 3.05) is 5.75 Å². The first kappa shape index (κ1) is 22.3. The Hall–Kier alpha value is -3.91. The summed E-state index contributed by atoms with van der Waals surface area (Å²) in [7, 11) is 0. The lowest BCUT2D eigenvalue weighted by molar-refractivity contribution is -0.118. The van der Waals surface area contributed by atoms with Crippen LogP contribution in [0.5, 0.6) is 5.75 Å². The van der Waals surface area contributed by atoms with E-state index in [-0.39, 0.29) is 17.4 Å². The number of phenols is 1. The zero-order valence-electron chi connectivity index (χ0n) is 18.3. The Bertz CT molecular complexity index is 1260. The summed E-state index contributed by atoms with van der Waals surface area (Å²) in [6.45, 7) is 4.08. The first-order chi connectivity index (χ1) is 16.0. The van der Waals surface area contributed by atoms with Gasteiger partial charge in [-0.3, -0.25) is 9.36 Å². The summed E-state index contributed by atoms with van der Waals surface area (Å²) in [5, 5.41) is 22.7. The van der Waals surface area contributed by atoms with Gasteiger partial charge in [0.25, 0.3) is 5.91 Å². The van der Waals surface area contributed by atoms with E-state index >= 15 is 0 Å². The number of hydrogen-bond donors (Lipinski definition) is 2. The highest BCUT2D eigenvalue weighted by Crippen LogP contribution is 2.28. The standard InChI is InChI=1S/C25H23N5O2S/c1-17-3-9-20(10-4-17)24-28-29-25(30(24)21-11-5-18(2)6-12-21)33-16-23(32)27-26-15-19-7-13-22(31)14-8-19/h3-15,31H,16H2,1-2H3,(H,27,32)/b26-15-. The molecule has 3 aromatic carbocycles. The van der Waals surface area contributed by atoms with Crippen molar-refractivity contribution in [3.8, 4) is 22.8 Å². The first-order valence-electron chi connectivity index (χ1n) is 10.3. The Balaban J connectivity index is 1.51. The van der Waals surface area contributed by atoms with Crippen molar-refractivity contribution in [1.29, 1.82) is 0 Å². The van der Waals surface area contributed by atoms with Gasteiger partial charge in [0, 0.05) is 11.3 Å². The first-order valence-corrected chi connectivity index (χ1v) is 11.3. The molecule has 7 nitrogen and oxygen atoms in total. The number of nitrogens with zero attached hydrogens (tertiary/aromatic N) is 4. The molecule has 0 fully saturated rings. The molecule has 1 aromatic heterocycles. The van der Waals surface area contributed by atoms with Crippen LogP contribution in [-0.4, -0.2) is 37.7 Å². The van der Waals surface area contributed by atoms with Crippen LogP contribution in [0.15, 0.2) is 83.1 Å². The molecule has 0 saturated heterocycles. The van der Waals surface area contributed by atoms with Crippen LogP contribution in [0, 0.1) is 13.8 Å². The number of aromatic nitrogens is 3. The second kappa shape index (κ2) is 10.1. The molecule has 4 aromatic rings. The summed E-state index contributed by atoms with van der Waals surface area (Å²) in [6, 6.07) is 22.7. The molecule has 2 N–H and O–H groups in total. The maximum absolute atomic E-state index is 12.3. The van der Waals surface area contributed by atoms with Crippen molar-refractivity contribution < 1.29 is 9.90 Å². The van der Waals surface area contributed by atoms with E-state index in [4.69, 9.17) is 0 Å². The lowest BCUT2D eigenvalue weighted by Gasteiger charge is -2.11. The summed E-state index contributed by atoms with van der Waals surface area (Å²) < 4.78 is 1.96. The van der Waals surface area contributed by atoms with E-state index in [1.165, 1.54) is 23.5 Å². The molecular weight excluding hydrogens is 434 g/mol. The van der Waals surface area contributed by atoms with Gasteiger partial charge in [-0.05, 0) is 55.8 Å². The van der Waals surface area contributed by atoms with E-state index in [0.29, 0.717) is 11.0 Å². The molecule has 0 bridgehead atoms. The van der Waals surface area contributed by atoms with Crippen LogP contribution in [0.3, 0.4) is 0 Å². The van der Waals surface area contributed by atoms with Crippen LogP contribution in [0.4, 0.5) is 0 Å². The molecule has 0 aliphatic heterocycles. The fourth-order valence-corrected chi connectivity index (χ4v) is 3.83. The molecule has 0 aliphatic carbocycles. The summed E-state index contributed by atoms with van der Waals surface area (Å²) in [6.07, 6.45) is 1.52. The average Bonchev–Trinajstić information content (AvgIpc) is 3.24. The average molecular weight is 458 g/mol. The third-order valence-corrected chi connectivity index (χ3v) is 5.79. The van der Waals surface area contributed by atoms with Gasteiger partial charge >= 0.3 is 0 Å². The zero-order valence-corrected chi connectivity index (χ0v) is 19.1. The minimum atomic E-state index is -0.259. The number of rotatable bonds is 7. The highest BCUT2D eigenvalue weighted by atomic mass is 32.2. The fraction of sp³-hybridized carbons (Fsp3) is 0.120. The van der Waals surface area contributed by atoms with E-state index in [9.17, 15) is 9.90 Å². The van der Waals surface area contributed by atoms with Gasteiger partial charge in [0.15, 0.2) is 11.0 Å². The number of aromatic hydroxyl groups is 1. The lowest BCUT2D eigenvalue weighted by atomic mass is 10.1. The molecule has 0 aliphatic rings. The third kappa shape index (κ3) is 5.67. The van der Waals surface area contributed by atoms with Crippen LogP contribution < -0.4 is 5.43 Å². The Labute approximate surface area is 196 Å². The van der Waals surface area contributed by atoms with Crippen molar-refractivity contribution in [2.24, 2.45) is 5.10 Å². The van der Waals surface area contributed by atoms with Gasteiger partial charge in [-0.2, -0.15) is 5.10 Å². The highest BCUT2D eigenvalue weighted by Gasteiger charge is 2.17. The second-order valence-corrected chi connectivity index (χ2v) is 8.46. The summed E-state index contributed by atoms with van der Waals surface area (Å²) in [5.74, 6) is 0.762. The topological polar surface area (TPSA) is 92.4 Å². The normalized spacial score (nSPS) is 11.1. The maximum Gasteiger partial charge on any atom is 0.250 e. The van der Waals surface area contributed by atoms with E-state index < -0.39 is 0 Å². The summed E-state index contributed by atoms with van der Waals surface area (Å²) in [4.78, 5) is 12.3. The Kier molecular flexibility index (Phi) is 6.85.